The first-order chi connectivity index (χ1) is 8.46. The molecule has 0 aromatic heterocycles. The fourth-order valence-electron chi connectivity index (χ4n) is 2.71. The molecule has 0 unspecified atom stereocenters. The first-order valence-corrected chi connectivity index (χ1v) is 9.48. The van der Waals surface area contributed by atoms with Crippen LogP contribution in [-0.2, 0) is 0 Å². The molecule has 1 nitrogen and oxygen atoms in total. The predicted molar refractivity (Wildman–Crippen MR) is 81.2 cm³/mol. The van der Waals surface area contributed by atoms with Gasteiger partial charge in [0, 0.05) is 0 Å². The molecule has 1 aromatic carbocycles. The topological polar surface area (TPSA) is 9.23 Å². The van der Waals surface area contributed by atoms with Gasteiger partial charge < -0.3 is 4.74 Å². The molecule has 0 saturated heterocycles. The zero-order valence-electron chi connectivity index (χ0n) is 12.0. The van der Waals surface area contributed by atoms with Crippen molar-refractivity contribution in [3.8, 4) is 5.75 Å². The van der Waals surface area contributed by atoms with E-state index >= 15 is 0 Å². The van der Waals surface area contributed by atoms with Crippen LogP contribution in [0, 0.1) is 0 Å². The Bertz CT molecular complexity index is 506. The second-order valence-corrected chi connectivity index (χ2v) is 9.98. The zero-order chi connectivity index (χ0) is 13.3. The molecule has 0 N–H and O–H groups in total. The van der Waals surface area contributed by atoms with E-state index in [1.54, 1.807) is 12.3 Å². The highest BCUT2D eigenvalue weighted by Crippen LogP contribution is 2.32. The van der Waals surface area contributed by atoms with Crippen molar-refractivity contribution in [2.75, 3.05) is 7.11 Å². The van der Waals surface area contributed by atoms with Gasteiger partial charge >= 0.3 is 0 Å². The number of methoxy groups -OCH3 is 1. The van der Waals surface area contributed by atoms with Gasteiger partial charge in [-0.3, -0.25) is 0 Å². The van der Waals surface area contributed by atoms with Crippen LogP contribution in [0.4, 0.5) is 0 Å². The third-order valence-electron chi connectivity index (χ3n) is 4.22. The molecule has 0 atom stereocenters. The molecule has 0 radical (unpaired) electrons. The molecular formula is C16H22OSi. The smallest absolute Gasteiger partial charge is 0.118 e. The minimum Gasteiger partial charge on any atom is -0.497 e. The lowest BCUT2D eigenvalue weighted by molar-refractivity contribution is 0.415. The summed E-state index contributed by atoms with van der Waals surface area (Å²) >= 11 is 0. The lowest BCUT2D eigenvalue weighted by atomic mass is 10.2. The summed E-state index contributed by atoms with van der Waals surface area (Å²) in [5, 5.41) is 3.16. The fourth-order valence-corrected chi connectivity index (χ4v) is 5.80. The van der Waals surface area contributed by atoms with Gasteiger partial charge in [0.2, 0.25) is 0 Å². The summed E-state index contributed by atoms with van der Waals surface area (Å²) in [4.78, 5) is 0. The Morgan fingerprint density at radius 1 is 1.06 bits per heavy atom. The van der Waals surface area contributed by atoms with Gasteiger partial charge in [0.15, 0.2) is 0 Å². The molecule has 0 fully saturated rings. The van der Waals surface area contributed by atoms with Crippen molar-refractivity contribution in [1.29, 1.82) is 0 Å². The SMILES string of the molecule is COc1ccc([Si](C)(C)C2=C(C)C(C)=CC2)cc1. The van der Waals surface area contributed by atoms with E-state index in [0.717, 1.165) is 12.2 Å². The van der Waals surface area contributed by atoms with Crippen LogP contribution >= 0.6 is 0 Å². The van der Waals surface area contributed by atoms with Crippen molar-refractivity contribution in [3.05, 3.63) is 46.7 Å². The van der Waals surface area contributed by atoms with Crippen molar-refractivity contribution in [3.63, 3.8) is 0 Å². The third-order valence-corrected chi connectivity index (χ3v) is 8.09. The van der Waals surface area contributed by atoms with Gasteiger partial charge in [-0.25, -0.2) is 0 Å². The maximum absolute atomic E-state index is 5.24. The summed E-state index contributed by atoms with van der Waals surface area (Å²) in [6.07, 6.45) is 3.51. The molecule has 0 amide bonds. The van der Waals surface area contributed by atoms with E-state index < -0.39 is 8.07 Å². The Morgan fingerprint density at radius 3 is 2.11 bits per heavy atom. The maximum atomic E-state index is 5.24. The van der Waals surface area contributed by atoms with E-state index in [0.29, 0.717) is 0 Å². The van der Waals surface area contributed by atoms with Crippen LogP contribution in [0.3, 0.4) is 0 Å². The minimum absolute atomic E-state index is 0.940. The van der Waals surface area contributed by atoms with Crippen LogP contribution in [-0.4, -0.2) is 15.2 Å². The third kappa shape index (κ3) is 2.17. The molecule has 1 aliphatic rings. The molecule has 2 heteroatoms. The molecule has 1 aliphatic carbocycles. The number of hydrogen-bond acceptors (Lipinski definition) is 1. The molecule has 0 bridgehead atoms. The van der Waals surface area contributed by atoms with Crippen LogP contribution in [0.5, 0.6) is 5.75 Å². The summed E-state index contributed by atoms with van der Waals surface area (Å²) in [6.45, 7) is 9.38. The lowest BCUT2D eigenvalue weighted by Gasteiger charge is -2.26. The highest BCUT2D eigenvalue weighted by Gasteiger charge is 2.31. The highest BCUT2D eigenvalue weighted by atomic mass is 28.3. The van der Waals surface area contributed by atoms with Gasteiger partial charge in [0.1, 0.15) is 13.8 Å². The van der Waals surface area contributed by atoms with Crippen molar-refractivity contribution < 1.29 is 4.74 Å². The molecule has 0 saturated carbocycles. The second kappa shape index (κ2) is 4.77. The molecule has 18 heavy (non-hydrogen) atoms. The van der Waals surface area contributed by atoms with Gasteiger partial charge in [-0.1, -0.05) is 52.8 Å². The number of hydrogen-bond donors (Lipinski definition) is 0. The second-order valence-electron chi connectivity index (χ2n) is 5.55. The van der Waals surface area contributed by atoms with Crippen LogP contribution in [0.15, 0.2) is 46.7 Å². The summed E-state index contributed by atoms with van der Waals surface area (Å²) < 4.78 is 5.24. The van der Waals surface area contributed by atoms with E-state index in [2.05, 4.69) is 57.3 Å². The Balaban J connectivity index is 2.36. The van der Waals surface area contributed by atoms with E-state index in [1.165, 1.54) is 16.3 Å². The van der Waals surface area contributed by atoms with Gasteiger partial charge in [0.05, 0.1) is 7.11 Å². The first-order valence-electron chi connectivity index (χ1n) is 6.48. The summed E-state index contributed by atoms with van der Waals surface area (Å²) in [5.41, 5.74) is 2.97. The molecule has 0 heterocycles. The van der Waals surface area contributed by atoms with Gasteiger partial charge in [0.25, 0.3) is 0 Å². The molecule has 96 valence electrons. The molecule has 0 aliphatic heterocycles. The summed E-state index contributed by atoms with van der Waals surface area (Å²) in [6, 6.07) is 8.63. The number of ether oxygens (including phenoxy) is 1. The molecule has 0 spiro atoms. The number of allylic oxidation sites excluding steroid dienone is 4. The molecule has 1 aromatic rings. The van der Waals surface area contributed by atoms with Crippen LogP contribution in [0.1, 0.15) is 20.3 Å². The van der Waals surface area contributed by atoms with Crippen LogP contribution in [0.2, 0.25) is 13.1 Å². The highest BCUT2D eigenvalue weighted by molar-refractivity contribution is 6.95. The lowest BCUT2D eigenvalue weighted by Crippen LogP contribution is -2.43. The van der Waals surface area contributed by atoms with E-state index in [4.69, 9.17) is 4.74 Å². The van der Waals surface area contributed by atoms with Crippen molar-refractivity contribution in [2.45, 2.75) is 33.4 Å². The van der Waals surface area contributed by atoms with E-state index in [1.807, 2.05) is 0 Å². The van der Waals surface area contributed by atoms with Crippen molar-refractivity contribution in [1.82, 2.24) is 0 Å². The number of rotatable bonds is 3. The predicted octanol–water partition coefficient (Wildman–Crippen LogP) is 3.82. The van der Waals surface area contributed by atoms with Crippen molar-refractivity contribution in [2.24, 2.45) is 0 Å². The Labute approximate surface area is 111 Å². The van der Waals surface area contributed by atoms with Gasteiger partial charge in [-0.05, 0) is 32.4 Å². The largest absolute Gasteiger partial charge is 0.497 e. The monoisotopic (exact) mass is 258 g/mol. The van der Waals surface area contributed by atoms with E-state index in [9.17, 15) is 0 Å². The van der Waals surface area contributed by atoms with Crippen LogP contribution < -0.4 is 9.92 Å². The van der Waals surface area contributed by atoms with Gasteiger partial charge in [-0.2, -0.15) is 0 Å². The van der Waals surface area contributed by atoms with Crippen LogP contribution in [0.25, 0.3) is 0 Å². The van der Waals surface area contributed by atoms with Crippen molar-refractivity contribution >= 4 is 13.3 Å². The summed E-state index contributed by atoms with van der Waals surface area (Å²) in [5.74, 6) is 0.940. The maximum Gasteiger partial charge on any atom is 0.118 e. The first kappa shape index (κ1) is 13.2. The Hall–Kier alpha value is -1.28. The number of benzene rings is 1. The average Bonchev–Trinajstić information content (AvgIpc) is 2.70. The standard InChI is InChI=1S/C16H22OSi/c1-12-6-11-16(13(12)2)18(4,5)15-9-7-14(17-3)8-10-15/h6-10H,11H2,1-5H3. The zero-order valence-corrected chi connectivity index (χ0v) is 13.0. The Kier molecular flexibility index (Phi) is 3.49. The fraction of sp³-hybridized carbons (Fsp3) is 0.375. The quantitative estimate of drug-likeness (QED) is 0.749. The normalized spacial score (nSPS) is 15.9. The Morgan fingerprint density at radius 2 is 1.67 bits per heavy atom. The molecule has 2 rings (SSSR count). The molecular weight excluding hydrogens is 236 g/mol. The summed E-state index contributed by atoms with van der Waals surface area (Å²) in [7, 11) is 0.202. The van der Waals surface area contributed by atoms with E-state index in [-0.39, 0.29) is 0 Å². The average molecular weight is 258 g/mol. The van der Waals surface area contributed by atoms with Gasteiger partial charge in [-0.15, -0.1) is 0 Å². The minimum atomic E-state index is -1.51.